The predicted octanol–water partition coefficient (Wildman–Crippen LogP) is 4.19. The van der Waals surface area contributed by atoms with Crippen molar-refractivity contribution in [3.63, 3.8) is 0 Å². The number of aromatic nitrogens is 1. The smallest absolute Gasteiger partial charge is 0.489 e. The molecule has 0 aliphatic carbocycles. The minimum atomic E-state index is -4.79. The van der Waals surface area contributed by atoms with E-state index >= 15 is 0 Å². The van der Waals surface area contributed by atoms with Crippen LogP contribution in [0.15, 0.2) is 48.8 Å². The van der Waals surface area contributed by atoms with Gasteiger partial charge in [0.2, 0.25) is 0 Å². The van der Waals surface area contributed by atoms with Crippen LogP contribution in [0.25, 0.3) is 0 Å². The maximum atomic E-state index is 13.0. The molecule has 5 nitrogen and oxygen atoms in total. The molecule has 8 heteroatoms. The quantitative estimate of drug-likeness (QED) is 0.783. The topological polar surface area (TPSA) is 51.7 Å². The van der Waals surface area contributed by atoms with Gasteiger partial charge in [0.25, 0.3) is 5.91 Å². The Labute approximate surface area is 160 Å². The fourth-order valence-corrected chi connectivity index (χ4v) is 4.14. The zero-order valence-electron chi connectivity index (χ0n) is 14.9. The lowest BCUT2D eigenvalue weighted by Crippen LogP contribution is -2.49. The lowest BCUT2D eigenvalue weighted by molar-refractivity contribution is -0.274. The van der Waals surface area contributed by atoms with E-state index in [0.29, 0.717) is 18.6 Å². The van der Waals surface area contributed by atoms with E-state index < -0.39 is 6.36 Å². The molecular weight excluding hydrogens is 373 g/mol. The third kappa shape index (κ3) is 4.05. The van der Waals surface area contributed by atoms with Crippen LogP contribution in [0.3, 0.4) is 0 Å². The first kappa shape index (κ1) is 18.6. The number of halogens is 3. The summed E-state index contributed by atoms with van der Waals surface area (Å²) in [5, 5.41) is 0. The minimum absolute atomic E-state index is 0.00866. The van der Waals surface area contributed by atoms with Gasteiger partial charge in [-0.15, -0.1) is 13.2 Å². The first-order valence-electron chi connectivity index (χ1n) is 9.14. The number of pyridine rings is 1. The number of piperidine rings is 1. The van der Waals surface area contributed by atoms with E-state index in [4.69, 9.17) is 4.74 Å². The van der Waals surface area contributed by atoms with Crippen molar-refractivity contribution < 1.29 is 27.4 Å². The Morgan fingerprint density at radius 3 is 2.43 bits per heavy atom. The fraction of sp³-hybridized carbons (Fsp3) is 0.400. The van der Waals surface area contributed by atoms with E-state index in [1.165, 1.54) is 18.2 Å². The van der Waals surface area contributed by atoms with E-state index in [0.717, 1.165) is 18.9 Å². The molecule has 0 radical (unpaired) electrons. The van der Waals surface area contributed by atoms with E-state index in [-0.39, 0.29) is 35.4 Å². The van der Waals surface area contributed by atoms with Crippen LogP contribution in [0.4, 0.5) is 13.2 Å². The van der Waals surface area contributed by atoms with Crippen molar-refractivity contribution in [3.8, 4) is 11.5 Å². The van der Waals surface area contributed by atoms with Crippen LogP contribution in [0.1, 0.15) is 36.0 Å². The Balaban J connectivity index is 1.46. The third-order valence-corrected chi connectivity index (χ3v) is 5.18. The molecule has 4 rings (SSSR count). The highest BCUT2D eigenvalue weighted by molar-refractivity contribution is 5.95. The molecule has 1 aromatic carbocycles. The zero-order valence-corrected chi connectivity index (χ0v) is 14.9. The average molecular weight is 392 g/mol. The molecular formula is C20H19F3N2O3. The molecule has 28 heavy (non-hydrogen) atoms. The van der Waals surface area contributed by atoms with Crippen LogP contribution in [0, 0.1) is 0 Å². The third-order valence-electron chi connectivity index (χ3n) is 5.18. The van der Waals surface area contributed by atoms with E-state index in [9.17, 15) is 18.0 Å². The average Bonchev–Trinajstić information content (AvgIpc) is 2.91. The Morgan fingerprint density at radius 1 is 1.07 bits per heavy atom. The van der Waals surface area contributed by atoms with Crippen molar-refractivity contribution in [2.24, 2.45) is 0 Å². The maximum Gasteiger partial charge on any atom is 0.573 e. The fourth-order valence-electron chi connectivity index (χ4n) is 4.14. The summed E-state index contributed by atoms with van der Waals surface area (Å²) in [7, 11) is 0. The van der Waals surface area contributed by atoms with Crippen LogP contribution < -0.4 is 9.47 Å². The normalized spacial score (nSPS) is 24.1. The van der Waals surface area contributed by atoms with E-state index in [1.54, 1.807) is 23.4 Å². The molecule has 2 atom stereocenters. The van der Waals surface area contributed by atoms with Crippen molar-refractivity contribution in [1.29, 1.82) is 0 Å². The number of alkyl halides is 3. The van der Waals surface area contributed by atoms with Gasteiger partial charge in [-0.2, -0.15) is 0 Å². The first-order chi connectivity index (χ1) is 13.4. The standard InChI is InChI=1S/C20H19F3N2O3/c21-20(22,23)28-16-4-1-3-13(9-16)19(26)25-14-6-7-15(25)11-18(10-14)27-17-5-2-8-24-12-17/h1-5,8-9,12,14-15,18H,6-7,10-11H2. The van der Waals surface area contributed by atoms with Crippen molar-refractivity contribution in [2.75, 3.05) is 0 Å². The second-order valence-electron chi connectivity index (χ2n) is 7.07. The molecule has 2 aliphatic heterocycles. The molecule has 1 amide bonds. The van der Waals surface area contributed by atoms with Gasteiger partial charge in [0.05, 0.1) is 6.20 Å². The molecule has 0 spiro atoms. The number of hydrogen-bond donors (Lipinski definition) is 0. The maximum absolute atomic E-state index is 13.0. The molecule has 3 heterocycles. The van der Waals surface area contributed by atoms with Gasteiger partial charge >= 0.3 is 6.36 Å². The Hall–Kier alpha value is -2.77. The molecule has 148 valence electrons. The summed E-state index contributed by atoms with van der Waals surface area (Å²) in [6, 6.07) is 8.93. The highest BCUT2D eigenvalue weighted by atomic mass is 19.4. The number of ether oxygens (including phenoxy) is 2. The summed E-state index contributed by atoms with van der Waals surface area (Å²) in [4.78, 5) is 18.8. The highest BCUT2D eigenvalue weighted by Gasteiger charge is 2.44. The summed E-state index contributed by atoms with van der Waals surface area (Å²) in [5.74, 6) is 0.0455. The van der Waals surface area contributed by atoms with Crippen molar-refractivity contribution in [2.45, 2.75) is 50.2 Å². The number of fused-ring (bicyclic) bond motifs is 2. The van der Waals surface area contributed by atoms with Gasteiger partial charge in [0.15, 0.2) is 0 Å². The summed E-state index contributed by atoms with van der Waals surface area (Å²) in [6.45, 7) is 0. The summed E-state index contributed by atoms with van der Waals surface area (Å²) < 4.78 is 47.3. The molecule has 0 N–H and O–H groups in total. The zero-order chi connectivity index (χ0) is 19.7. The van der Waals surface area contributed by atoms with Gasteiger partial charge in [-0.05, 0) is 43.2 Å². The monoisotopic (exact) mass is 392 g/mol. The van der Waals surface area contributed by atoms with Crippen LogP contribution in [0.2, 0.25) is 0 Å². The van der Waals surface area contributed by atoms with Gasteiger partial charge < -0.3 is 14.4 Å². The summed E-state index contributed by atoms with van der Waals surface area (Å²) in [6.07, 6.45) is 1.64. The van der Waals surface area contributed by atoms with Crippen molar-refractivity contribution in [3.05, 3.63) is 54.4 Å². The lowest BCUT2D eigenvalue weighted by atomic mass is 9.98. The van der Waals surface area contributed by atoms with Gasteiger partial charge in [-0.25, -0.2) is 0 Å². The number of hydrogen-bond acceptors (Lipinski definition) is 4. The number of amides is 1. The van der Waals surface area contributed by atoms with E-state index in [1.807, 2.05) is 6.07 Å². The molecule has 1 aromatic heterocycles. The largest absolute Gasteiger partial charge is 0.573 e. The number of rotatable bonds is 4. The first-order valence-corrected chi connectivity index (χ1v) is 9.14. The van der Waals surface area contributed by atoms with Crippen LogP contribution in [-0.2, 0) is 0 Å². The van der Waals surface area contributed by atoms with Gasteiger partial charge in [0, 0.05) is 36.7 Å². The SMILES string of the molecule is O=C(c1cccc(OC(F)(F)F)c1)N1C2CCC1CC(Oc1cccnc1)C2. The van der Waals surface area contributed by atoms with Crippen LogP contribution in [-0.4, -0.2) is 40.3 Å². The summed E-state index contributed by atoms with van der Waals surface area (Å²) >= 11 is 0. The minimum Gasteiger partial charge on any atom is -0.489 e. The lowest BCUT2D eigenvalue weighted by Gasteiger charge is -2.39. The van der Waals surface area contributed by atoms with Crippen LogP contribution in [0.5, 0.6) is 11.5 Å². The summed E-state index contributed by atoms with van der Waals surface area (Å²) in [5.41, 5.74) is 0.199. The molecule has 2 aliphatic rings. The number of carbonyl (C=O) groups is 1. The molecule has 2 aromatic rings. The molecule has 2 unspecified atom stereocenters. The number of carbonyl (C=O) groups excluding carboxylic acids is 1. The number of nitrogens with zero attached hydrogens (tertiary/aromatic N) is 2. The molecule has 2 bridgehead atoms. The molecule has 2 saturated heterocycles. The number of benzene rings is 1. The predicted molar refractivity (Wildman–Crippen MR) is 94.0 cm³/mol. The highest BCUT2D eigenvalue weighted by Crippen LogP contribution is 2.38. The van der Waals surface area contributed by atoms with Gasteiger partial charge in [-0.3, -0.25) is 9.78 Å². The van der Waals surface area contributed by atoms with Crippen LogP contribution >= 0.6 is 0 Å². The van der Waals surface area contributed by atoms with Crippen molar-refractivity contribution >= 4 is 5.91 Å². The second-order valence-corrected chi connectivity index (χ2v) is 7.07. The molecule has 2 fully saturated rings. The van der Waals surface area contributed by atoms with E-state index in [2.05, 4.69) is 9.72 Å². The van der Waals surface area contributed by atoms with Gasteiger partial charge in [-0.1, -0.05) is 6.07 Å². The Bertz CT molecular complexity index is 830. The Kier molecular flexibility index (Phi) is 4.87. The van der Waals surface area contributed by atoms with Gasteiger partial charge in [0.1, 0.15) is 17.6 Å². The molecule has 0 saturated carbocycles. The van der Waals surface area contributed by atoms with Crippen molar-refractivity contribution in [1.82, 2.24) is 9.88 Å². The Morgan fingerprint density at radius 2 is 1.79 bits per heavy atom. The second kappa shape index (κ2) is 7.33.